The van der Waals surface area contributed by atoms with E-state index in [9.17, 15) is 4.79 Å². The minimum Gasteiger partial charge on any atom is -0.497 e. The van der Waals surface area contributed by atoms with Crippen LogP contribution in [0.3, 0.4) is 0 Å². The first-order valence-electron chi connectivity index (χ1n) is 12.2. The Balaban J connectivity index is 1.33. The minimum absolute atomic E-state index is 0.223. The molecule has 7 nitrogen and oxygen atoms in total. The van der Waals surface area contributed by atoms with Gasteiger partial charge in [-0.05, 0) is 60.2 Å². The molecule has 0 unspecified atom stereocenters. The fourth-order valence-electron chi connectivity index (χ4n) is 4.37. The van der Waals surface area contributed by atoms with Crippen molar-refractivity contribution in [3.05, 3.63) is 109 Å². The number of aromatic nitrogens is 3. The number of pyridine rings is 1. The summed E-state index contributed by atoms with van der Waals surface area (Å²) in [7, 11) is 1.65. The summed E-state index contributed by atoms with van der Waals surface area (Å²) in [6.07, 6.45) is -0.738. The molecule has 0 saturated carbocycles. The van der Waals surface area contributed by atoms with Crippen LogP contribution in [0.25, 0.3) is 44.4 Å². The maximum Gasteiger partial charge on any atom is 0.339 e. The van der Waals surface area contributed by atoms with Gasteiger partial charge in [0.15, 0.2) is 6.10 Å². The molecule has 6 aromatic rings. The summed E-state index contributed by atoms with van der Waals surface area (Å²) in [5, 5.41) is 11.0. The molecule has 2 heterocycles. The number of carbonyl (C=O) groups excluding carboxylic acids is 1. The van der Waals surface area contributed by atoms with E-state index in [1.807, 2.05) is 91.0 Å². The van der Waals surface area contributed by atoms with Gasteiger partial charge in [0, 0.05) is 16.5 Å². The second kappa shape index (κ2) is 9.78. The molecule has 0 aliphatic carbocycles. The molecule has 6 rings (SSSR count). The maximum atomic E-state index is 13.4. The van der Waals surface area contributed by atoms with Crippen molar-refractivity contribution in [3.63, 3.8) is 0 Å². The zero-order chi connectivity index (χ0) is 26.1. The Morgan fingerprint density at radius 3 is 2.42 bits per heavy atom. The van der Waals surface area contributed by atoms with Crippen LogP contribution in [0, 0.1) is 0 Å². The van der Waals surface area contributed by atoms with Gasteiger partial charge in [0.1, 0.15) is 5.75 Å². The minimum atomic E-state index is -0.738. The summed E-state index contributed by atoms with van der Waals surface area (Å²) >= 11 is 0. The number of esters is 1. The Hall–Kier alpha value is -5.04. The van der Waals surface area contributed by atoms with Crippen molar-refractivity contribution in [2.24, 2.45) is 0 Å². The number of fused-ring (bicyclic) bond motifs is 2. The van der Waals surface area contributed by atoms with Gasteiger partial charge in [0.2, 0.25) is 5.89 Å². The van der Waals surface area contributed by atoms with Gasteiger partial charge in [-0.1, -0.05) is 54.6 Å². The molecule has 2 aromatic heterocycles. The van der Waals surface area contributed by atoms with Crippen molar-refractivity contribution in [1.82, 2.24) is 15.2 Å². The van der Waals surface area contributed by atoms with Crippen molar-refractivity contribution in [2.75, 3.05) is 7.11 Å². The number of hydrogen-bond acceptors (Lipinski definition) is 7. The lowest BCUT2D eigenvalue weighted by atomic mass is 10.0. The molecular weight excluding hydrogens is 478 g/mol. The molecule has 0 saturated heterocycles. The van der Waals surface area contributed by atoms with Crippen LogP contribution in [-0.2, 0) is 4.74 Å². The predicted octanol–water partition coefficient (Wildman–Crippen LogP) is 7.03. The molecule has 7 heteroatoms. The van der Waals surface area contributed by atoms with E-state index in [1.165, 1.54) is 0 Å². The van der Waals surface area contributed by atoms with Crippen LogP contribution < -0.4 is 4.74 Å². The molecule has 0 aliphatic heterocycles. The second-order valence-corrected chi connectivity index (χ2v) is 8.86. The van der Waals surface area contributed by atoms with Gasteiger partial charge in [0.05, 0.1) is 23.9 Å². The number of rotatable bonds is 6. The van der Waals surface area contributed by atoms with Gasteiger partial charge < -0.3 is 13.9 Å². The van der Waals surface area contributed by atoms with E-state index in [1.54, 1.807) is 20.1 Å². The number of benzene rings is 4. The lowest BCUT2D eigenvalue weighted by Gasteiger charge is -2.13. The average Bonchev–Trinajstić information content (AvgIpc) is 3.47. The fraction of sp³-hybridized carbons (Fsp3) is 0.0968. The highest BCUT2D eigenvalue weighted by Crippen LogP contribution is 2.30. The van der Waals surface area contributed by atoms with Crippen LogP contribution in [0.15, 0.2) is 101 Å². The van der Waals surface area contributed by atoms with Crippen molar-refractivity contribution in [3.8, 4) is 28.5 Å². The number of ether oxygens (including phenoxy) is 2. The number of nitrogens with zero attached hydrogens (tertiary/aromatic N) is 3. The highest BCUT2D eigenvalue weighted by Gasteiger charge is 2.22. The molecule has 4 aromatic carbocycles. The zero-order valence-corrected chi connectivity index (χ0v) is 20.8. The van der Waals surface area contributed by atoms with Gasteiger partial charge in [-0.2, -0.15) is 0 Å². The number of methoxy groups -OCH3 is 1. The van der Waals surface area contributed by atoms with Crippen molar-refractivity contribution < 1.29 is 18.7 Å². The fourth-order valence-corrected chi connectivity index (χ4v) is 4.37. The van der Waals surface area contributed by atoms with Crippen LogP contribution in [-0.4, -0.2) is 28.3 Å². The van der Waals surface area contributed by atoms with Crippen LogP contribution in [0.2, 0.25) is 0 Å². The lowest BCUT2D eigenvalue weighted by Crippen LogP contribution is -2.11. The molecule has 0 bridgehead atoms. The smallest absolute Gasteiger partial charge is 0.339 e. The zero-order valence-electron chi connectivity index (χ0n) is 20.8. The molecule has 0 fully saturated rings. The molecule has 0 N–H and O–H groups in total. The Morgan fingerprint density at radius 1 is 0.816 bits per heavy atom. The summed E-state index contributed by atoms with van der Waals surface area (Å²) < 4.78 is 16.9. The maximum absolute atomic E-state index is 13.4. The number of para-hydroxylation sites is 1. The molecule has 1 atom stereocenters. The largest absolute Gasteiger partial charge is 0.497 e. The molecule has 186 valence electrons. The molecule has 0 radical (unpaired) electrons. The average molecular weight is 502 g/mol. The van der Waals surface area contributed by atoms with E-state index in [0.717, 1.165) is 27.6 Å². The van der Waals surface area contributed by atoms with Crippen LogP contribution in [0.1, 0.15) is 29.3 Å². The van der Waals surface area contributed by atoms with E-state index < -0.39 is 12.1 Å². The third-order valence-corrected chi connectivity index (χ3v) is 6.37. The van der Waals surface area contributed by atoms with E-state index in [2.05, 4.69) is 10.2 Å². The Kier molecular flexibility index (Phi) is 6.01. The first-order valence-corrected chi connectivity index (χ1v) is 12.2. The van der Waals surface area contributed by atoms with E-state index >= 15 is 0 Å². The van der Waals surface area contributed by atoms with E-state index in [-0.39, 0.29) is 5.89 Å². The summed E-state index contributed by atoms with van der Waals surface area (Å²) in [5.74, 6) is 0.891. The van der Waals surface area contributed by atoms with Crippen molar-refractivity contribution >= 4 is 27.6 Å². The number of hydrogen-bond donors (Lipinski definition) is 0. The summed E-state index contributed by atoms with van der Waals surface area (Å²) in [6, 6.07) is 30.7. The summed E-state index contributed by atoms with van der Waals surface area (Å²) in [4.78, 5) is 18.3. The normalized spacial score (nSPS) is 11.9. The third kappa shape index (κ3) is 4.46. The Morgan fingerprint density at radius 2 is 1.58 bits per heavy atom. The molecular formula is C31H23N3O4. The SMILES string of the molecule is COc1ccc2cc(-c3cc(C(=O)O[C@@H](C)c4nnc(-c5ccccc5)o4)c4ccccc4n3)ccc2c1. The first-order chi connectivity index (χ1) is 18.6. The van der Waals surface area contributed by atoms with Gasteiger partial charge in [-0.3, -0.25) is 0 Å². The van der Waals surface area contributed by atoms with E-state index in [0.29, 0.717) is 28.1 Å². The summed E-state index contributed by atoms with van der Waals surface area (Å²) in [6.45, 7) is 1.71. The molecule has 0 amide bonds. The number of carbonyl (C=O) groups is 1. The van der Waals surface area contributed by atoms with Crippen LogP contribution in [0.4, 0.5) is 0 Å². The monoisotopic (exact) mass is 501 g/mol. The van der Waals surface area contributed by atoms with Crippen LogP contribution >= 0.6 is 0 Å². The Bertz CT molecular complexity index is 1780. The highest BCUT2D eigenvalue weighted by molar-refractivity contribution is 6.05. The van der Waals surface area contributed by atoms with E-state index in [4.69, 9.17) is 18.9 Å². The molecule has 0 aliphatic rings. The van der Waals surface area contributed by atoms with Crippen LogP contribution in [0.5, 0.6) is 5.75 Å². The van der Waals surface area contributed by atoms with Gasteiger partial charge in [0.25, 0.3) is 5.89 Å². The second-order valence-electron chi connectivity index (χ2n) is 8.86. The predicted molar refractivity (Wildman–Crippen MR) is 145 cm³/mol. The van der Waals surface area contributed by atoms with Gasteiger partial charge in [-0.25, -0.2) is 9.78 Å². The molecule has 0 spiro atoms. The molecule has 38 heavy (non-hydrogen) atoms. The van der Waals surface area contributed by atoms with Gasteiger partial charge >= 0.3 is 5.97 Å². The van der Waals surface area contributed by atoms with Gasteiger partial charge in [-0.15, -0.1) is 10.2 Å². The standard InChI is InChI=1S/C31H23N3O4/c1-19(29-33-34-30(38-29)20-8-4-3-5-9-20)37-31(35)26-18-28(32-27-11-7-6-10-25(26)27)23-13-12-22-17-24(36-2)15-14-21(22)16-23/h3-19H,1-2H3/t19-/m0/s1. The summed E-state index contributed by atoms with van der Waals surface area (Å²) in [5.41, 5.74) is 3.46. The topological polar surface area (TPSA) is 87.3 Å². The van der Waals surface area contributed by atoms with Crippen molar-refractivity contribution in [1.29, 1.82) is 0 Å². The third-order valence-electron chi connectivity index (χ3n) is 6.37. The Labute approximate surface area is 218 Å². The van der Waals surface area contributed by atoms with Crippen molar-refractivity contribution in [2.45, 2.75) is 13.0 Å². The highest BCUT2D eigenvalue weighted by atomic mass is 16.6. The first kappa shape index (κ1) is 23.4. The lowest BCUT2D eigenvalue weighted by molar-refractivity contribution is 0.0282. The quantitative estimate of drug-likeness (QED) is 0.226.